The third-order valence-corrected chi connectivity index (χ3v) is 2.56. The summed E-state index contributed by atoms with van der Waals surface area (Å²) >= 11 is 0. The van der Waals surface area contributed by atoms with E-state index in [0.717, 1.165) is 12.8 Å². The fourth-order valence-electron chi connectivity index (χ4n) is 1.35. The Morgan fingerprint density at radius 3 is 2.83 bits per heavy atom. The first kappa shape index (κ1) is 12.5. The van der Waals surface area contributed by atoms with Crippen molar-refractivity contribution in [3.63, 3.8) is 0 Å². The van der Waals surface area contributed by atoms with E-state index >= 15 is 0 Å². The fraction of sp³-hybridized carbons (Fsp3) is 0.636. The van der Waals surface area contributed by atoms with Crippen molar-refractivity contribution in [3.05, 3.63) is 6.20 Å². The first-order valence-electron chi connectivity index (χ1n) is 6.05. The quantitative estimate of drug-likeness (QED) is 0.779. The second kappa shape index (κ2) is 5.16. The van der Waals surface area contributed by atoms with Gasteiger partial charge in [0, 0.05) is 12.0 Å². The van der Waals surface area contributed by atoms with Gasteiger partial charge in [-0.1, -0.05) is 19.1 Å². The first-order valence-corrected chi connectivity index (χ1v) is 6.05. The Morgan fingerprint density at radius 2 is 2.22 bits per heavy atom. The summed E-state index contributed by atoms with van der Waals surface area (Å²) in [6, 6.07) is 0.334. The molecule has 7 nitrogen and oxygen atoms in total. The van der Waals surface area contributed by atoms with Gasteiger partial charge in [-0.05, 0) is 12.8 Å². The topological polar surface area (TPSA) is 88.9 Å². The van der Waals surface area contributed by atoms with Gasteiger partial charge in [0.1, 0.15) is 6.54 Å². The average Bonchev–Trinajstić information content (AvgIpc) is 2.99. The molecule has 1 saturated carbocycles. The molecular weight excluding hydrogens is 234 g/mol. The molecule has 2 amide bonds. The summed E-state index contributed by atoms with van der Waals surface area (Å²) < 4.78 is 1.41. The molecule has 0 aliphatic heterocycles. The molecule has 18 heavy (non-hydrogen) atoms. The number of anilines is 1. The zero-order chi connectivity index (χ0) is 13.1. The van der Waals surface area contributed by atoms with Gasteiger partial charge in [0.05, 0.1) is 6.20 Å². The van der Waals surface area contributed by atoms with Crippen molar-refractivity contribution >= 4 is 17.6 Å². The molecule has 2 N–H and O–H groups in total. The molecule has 0 bridgehead atoms. The van der Waals surface area contributed by atoms with Crippen molar-refractivity contribution in [3.8, 4) is 0 Å². The normalized spacial score (nSPS) is 14.6. The van der Waals surface area contributed by atoms with Crippen LogP contribution in [0, 0.1) is 5.92 Å². The van der Waals surface area contributed by atoms with Crippen LogP contribution in [0.4, 0.5) is 5.82 Å². The maximum Gasteiger partial charge on any atom is 0.242 e. The Kier molecular flexibility index (Phi) is 3.59. The van der Waals surface area contributed by atoms with Crippen molar-refractivity contribution in [2.75, 3.05) is 5.32 Å². The summed E-state index contributed by atoms with van der Waals surface area (Å²) in [6.07, 6.45) is 3.66. The van der Waals surface area contributed by atoms with Crippen LogP contribution < -0.4 is 10.6 Å². The van der Waals surface area contributed by atoms with Crippen LogP contribution in [0.2, 0.25) is 0 Å². The van der Waals surface area contributed by atoms with Crippen molar-refractivity contribution < 1.29 is 9.59 Å². The zero-order valence-electron chi connectivity index (χ0n) is 10.5. The summed E-state index contributed by atoms with van der Waals surface area (Å²) in [5.74, 6) is 0.0508. The molecule has 1 aromatic rings. The minimum atomic E-state index is -0.121. The van der Waals surface area contributed by atoms with E-state index in [9.17, 15) is 9.59 Å². The number of nitrogens with zero attached hydrogens (tertiary/aromatic N) is 3. The first-order chi connectivity index (χ1) is 8.54. The van der Waals surface area contributed by atoms with Gasteiger partial charge in [-0.3, -0.25) is 9.59 Å². The van der Waals surface area contributed by atoms with Gasteiger partial charge in [0.15, 0.2) is 5.82 Å². The minimum absolute atomic E-state index is 0.0795. The highest BCUT2D eigenvalue weighted by Gasteiger charge is 2.23. The predicted molar refractivity (Wildman–Crippen MR) is 64.7 cm³/mol. The molecule has 1 heterocycles. The largest absolute Gasteiger partial charge is 0.352 e. The van der Waals surface area contributed by atoms with Gasteiger partial charge in [-0.15, -0.1) is 5.10 Å². The third kappa shape index (κ3) is 3.54. The lowest BCUT2D eigenvalue weighted by Crippen LogP contribution is -2.29. The number of aromatic nitrogens is 3. The summed E-state index contributed by atoms with van der Waals surface area (Å²) in [4.78, 5) is 22.9. The van der Waals surface area contributed by atoms with E-state index in [1.807, 2.05) is 0 Å². The Bertz CT molecular complexity index is 450. The van der Waals surface area contributed by atoms with Crippen LogP contribution in [0.15, 0.2) is 6.20 Å². The van der Waals surface area contributed by atoms with Crippen LogP contribution in [0.25, 0.3) is 0 Å². The molecule has 1 fully saturated rings. The van der Waals surface area contributed by atoms with Gasteiger partial charge in [0.25, 0.3) is 0 Å². The van der Waals surface area contributed by atoms with Gasteiger partial charge in [-0.2, -0.15) is 0 Å². The molecule has 0 spiro atoms. The molecule has 1 aliphatic rings. The van der Waals surface area contributed by atoms with Gasteiger partial charge >= 0.3 is 0 Å². The summed E-state index contributed by atoms with van der Waals surface area (Å²) in [5, 5.41) is 13.1. The Hall–Kier alpha value is -1.92. The molecular formula is C11H17N5O2. The molecule has 0 atom stereocenters. The monoisotopic (exact) mass is 251 g/mol. The lowest BCUT2D eigenvalue weighted by atomic mass is 10.2. The standard InChI is InChI=1S/C11H17N5O2/c1-7(2)11(18)13-9-5-16(15-14-9)6-10(17)12-8-3-4-8/h5,7-8H,3-4,6H2,1-2H3,(H,12,17)(H,13,18). The van der Waals surface area contributed by atoms with Crippen molar-refractivity contribution in [2.45, 2.75) is 39.3 Å². The molecule has 98 valence electrons. The van der Waals surface area contributed by atoms with Crippen LogP contribution in [-0.4, -0.2) is 32.9 Å². The number of nitrogens with one attached hydrogen (secondary N) is 2. The molecule has 0 unspecified atom stereocenters. The maximum atomic E-state index is 11.5. The Morgan fingerprint density at radius 1 is 1.50 bits per heavy atom. The highest BCUT2D eigenvalue weighted by molar-refractivity contribution is 5.90. The van der Waals surface area contributed by atoms with Crippen molar-refractivity contribution in [1.29, 1.82) is 0 Å². The zero-order valence-corrected chi connectivity index (χ0v) is 10.5. The fourth-order valence-corrected chi connectivity index (χ4v) is 1.35. The van der Waals surface area contributed by atoms with E-state index < -0.39 is 0 Å². The van der Waals surface area contributed by atoms with Crippen LogP contribution in [-0.2, 0) is 16.1 Å². The SMILES string of the molecule is CC(C)C(=O)Nc1cn(CC(=O)NC2CC2)nn1. The van der Waals surface area contributed by atoms with E-state index in [2.05, 4.69) is 20.9 Å². The Labute approximate surface area is 105 Å². The highest BCUT2D eigenvalue weighted by atomic mass is 16.2. The lowest BCUT2D eigenvalue weighted by molar-refractivity contribution is -0.122. The number of rotatable bonds is 5. The lowest BCUT2D eigenvalue weighted by Gasteiger charge is -2.03. The number of carbonyl (C=O) groups excluding carboxylic acids is 2. The highest BCUT2D eigenvalue weighted by Crippen LogP contribution is 2.18. The Balaban J connectivity index is 1.85. The third-order valence-electron chi connectivity index (χ3n) is 2.56. The minimum Gasteiger partial charge on any atom is -0.352 e. The van der Waals surface area contributed by atoms with Crippen LogP contribution in [0.3, 0.4) is 0 Å². The van der Waals surface area contributed by atoms with Gasteiger partial charge in [0.2, 0.25) is 11.8 Å². The molecule has 0 aromatic carbocycles. The van der Waals surface area contributed by atoms with Crippen LogP contribution >= 0.6 is 0 Å². The second-order valence-electron chi connectivity index (χ2n) is 4.79. The second-order valence-corrected chi connectivity index (χ2v) is 4.79. The molecule has 1 aliphatic carbocycles. The van der Waals surface area contributed by atoms with E-state index in [-0.39, 0.29) is 24.3 Å². The van der Waals surface area contributed by atoms with E-state index in [4.69, 9.17) is 0 Å². The van der Waals surface area contributed by atoms with Crippen molar-refractivity contribution in [1.82, 2.24) is 20.3 Å². The number of hydrogen-bond acceptors (Lipinski definition) is 4. The number of hydrogen-bond donors (Lipinski definition) is 2. The summed E-state index contributed by atoms with van der Waals surface area (Å²) in [5.41, 5.74) is 0. The molecule has 1 aromatic heterocycles. The van der Waals surface area contributed by atoms with E-state index in [1.54, 1.807) is 20.0 Å². The van der Waals surface area contributed by atoms with Crippen molar-refractivity contribution in [2.24, 2.45) is 5.92 Å². The average molecular weight is 251 g/mol. The predicted octanol–water partition coefficient (Wildman–Crippen LogP) is 0.151. The van der Waals surface area contributed by atoms with E-state index in [1.165, 1.54) is 4.68 Å². The maximum absolute atomic E-state index is 11.5. The smallest absolute Gasteiger partial charge is 0.242 e. The van der Waals surface area contributed by atoms with E-state index in [0.29, 0.717) is 11.9 Å². The van der Waals surface area contributed by atoms with Crippen LogP contribution in [0.5, 0.6) is 0 Å². The van der Waals surface area contributed by atoms with Crippen LogP contribution in [0.1, 0.15) is 26.7 Å². The molecule has 7 heteroatoms. The number of carbonyl (C=O) groups is 2. The van der Waals surface area contributed by atoms with Gasteiger partial charge < -0.3 is 10.6 Å². The molecule has 0 saturated heterocycles. The molecule has 2 rings (SSSR count). The number of amides is 2. The van der Waals surface area contributed by atoms with Gasteiger partial charge in [-0.25, -0.2) is 4.68 Å². The molecule has 0 radical (unpaired) electrons. The summed E-state index contributed by atoms with van der Waals surface area (Å²) in [6.45, 7) is 3.72. The summed E-state index contributed by atoms with van der Waals surface area (Å²) in [7, 11) is 0.